The SMILES string of the molecule is CCc1ccc2c(COc3cccc(C(C)=O)c3)cc(=O)oc2c1. The average molecular weight is 322 g/mol. The lowest BCUT2D eigenvalue weighted by molar-refractivity contribution is 0.101. The first-order valence-corrected chi connectivity index (χ1v) is 7.86. The van der Waals surface area contributed by atoms with E-state index < -0.39 is 5.63 Å². The lowest BCUT2D eigenvalue weighted by Crippen LogP contribution is -2.04. The molecule has 0 unspecified atom stereocenters. The molecule has 4 heteroatoms. The predicted molar refractivity (Wildman–Crippen MR) is 92.6 cm³/mol. The van der Waals surface area contributed by atoms with Crippen LogP contribution >= 0.6 is 0 Å². The highest BCUT2D eigenvalue weighted by Gasteiger charge is 2.08. The summed E-state index contributed by atoms with van der Waals surface area (Å²) in [6, 6.07) is 14.3. The number of aryl methyl sites for hydroxylation is 1. The van der Waals surface area contributed by atoms with Gasteiger partial charge in [-0.05, 0) is 37.1 Å². The fourth-order valence-corrected chi connectivity index (χ4v) is 2.58. The van der Waals surface area contributed by atoms with Gasteiger partial charge in [-0.1, -0.05) is 31.2 Å². The quantitative estimate of drug-likeness (QED) is 0.523. The van der Waals surface area contributed by atoms with Crippen molar-refractivity contribution in [3.8, 4) is 5.75 Å². The number of benzene rings is 2. The number of carbonyl (C=O) groups is 1. The molecule has 1 aromatic heterocycles. The van der Waals surface area contributed by atoms with E-state index >= 15 is 0 Å². The van der Waals surface area contributed by atoms with Crippen molar-refractivity contribution in [3.05, 3.63) is 75.6 Å². The van der Waals surface area contributed by atoms with Gasteiger partial charge in [-0.15, -0.1) is 0 Å². The minimum absolute atomic E-state index is 0.0154. The number of rotatable bonds is 5. The lowest BCUT2D eigenvalue weighted by atomic mass is 10.1. The van der Waals surface area contributed by atoms with E-state index in [0.717, 1.165) is 22.9 Å². The van der Waals surface area contributed by atoms with Crippen LogP contribution in [0, 0.1) is 0 Å². The largest absolute Gasteiger partial charge is 0.489 e. The Balaban J connectivity index is 1.91. The van der Waals surface area contributed by atoms with Gasteiger partial charge in [0.15, 0.2) is 5.78 Å². The molecule has 0 atom stereocenters. The molecule has 0 saturated carbocycles. The average Bonchev–Trinajstić information content (AvgIpc) is 2.59. The Hall–Kier alpha value is -2.88. The maximum Gasteiger partial charge on any atom is 0.336 e. The first-order chi connectivity index (χ1) is 11.6. The van der Waals surface area contributed by atoms with Gasteiger partial charge in [0.05, 0.1) is 0 Å². The van der Waals surface area contributed by atoms with Gasteiger partial charge in [0.1, 0.15) is 17.9 Å². The Labute approximate surface area is 139 Å². The molecule has 24 heavy (non-hydrogen) atoms. The monoisotopic (exact) mass is 322 g/mol. The fraction of sp³-hybridized carbons (Fsp3) is 0.200. The topological polar surface area (TPSA) is 56.5 Å². The minimum Gasteiger partial charge on any atom is -0.489 e. The van der Waals surface area contributed by atoms with E-state index in [9.17, 15) is 9.59 Å². The molecule has 3 aromatic rings. The van der Waals surface area contributed by atoms with Gasteiger partial charge in [-0.25, -0.2) is 4.79 Å². The van der Waals surface area contributed by atoms with Crippen LogP contribution in [0.4, 0.5) is 0 Å². The Bertz CT molecular complexity index is 953. The second-order valence-corrected chi connectivity index (χ2v) is 5.65. The van der Waals surface area contributed by atoms with Crippen LogP contribution < -0.4 is 10.4 Å². The summed E-state index contributed by atoms with van der Waals surface area (Å²) in [6.45, 7) is 3.80. The highest BCUT2D eigenvalue weighted by atomic mass is 16.5. The molecule has 0 aliphatic heterocycles. The van der Waals surface area contributed by atoms with Crippen LogP contribution in [0.15, 0.2) is 57.7 Å². The van der Waals surface area contributed by atoms with E-state index in [0.29, 0.717) is 16.9 Å². The zero-order valence-electron chi connectivity index (χ0n) is 13.7. The van der Waals surface area contributed by atoms with E-state index in [1.54, 1.807) is 24.3 Å². The highest BCUT2D eigenvalue weighted by Crippen LogP contribution is 2.21. The third-order valence-corrected chi connectivity index (χ3v) is 3.94. The molecule has 0 radical (unpaired) electrons. The van der Waals surface area contributed by atoms with Crippen molar-refractivity contribution in [1.82, 2.24) is 0 Å². The van der Waals surface area contributed by atoms with Crippen LogP contribution in [-0.2, 0) is 13.0 Å². The molecular formula is C20H18O4. The second kappa shape index (κ2) is 6.71. The lowest BCUT2D eigenvalue weighted by Gasteiger charge is -2.09. The molecule has 0 fully saturated rings. The number of hydrogen-bond acceptors (Lipinski definition) is 4. The zero-order valence-corrected chi connectivity index (χ0v) is 13.7. The molecular weight excluding hydrogens is 304 g/mol. The van der Waals surface area contributed by atoms with Gasteiger partial charge in [-0.2, -0.15) is 0 Å². The summed E-state index contributed by atoms with van der Waals surface area (Å²) in [5.74, 6) is 0.576. The second-order valence-electron chi connectivity index (χ2n) is 5.65. The number of Topliss-reactive ketones (excluding diaryl/α,β-unsaturated/α-hetero) is 1. The summed E-state index contributed by atoms with van der Waals surface area (Å²) in [5, 5.41) is 0.856. The Kier molecular flexibility index (Phi) is 4.47. The fourth-order valence-electron chi connectivity index (χ4n) is 2.58. The molecule has 0 spiro atoms. The van der Waals surface area contributed by atoms with Crippen molar-refractivity contribution in [2.75, 3.05) is 0 Å². The normalized spacial score (nSPS) is 10.8. The Morgan fingerprint density at radius 2 is 1.96 bits per heavy atom. The molecule has 0 bridgehead atoms. The minimum atomic E-state index is -0.396. The zero-order chi connectivity index (χ0) is 17.1. The first-order valence-electron chi connectivity index (χ1n) is 7.86. The van der Waals surface area contributed by atoms with E-state index in [4.69, 9.17) is 9.15 Å². The molecule has 4 nitrogen and oxygen atoms in total. The van der Waals surface area contributed by atoms with Gasteiger partial charge in [-0.3, -0.25) is 4.79 Å². The Morgan fingerprint density at radius 3 is 2.71 bits per heavy atom. The van der Waals surface area contributed by atoms with E-state index in [1.807, 2.05) is 25.1 Å². The first kappa shape index (κ1) is 16.0. The molecule has 1 heterocycles. The van der Waals surface area contributed by atoms with Crippen LogP contribution in [0.3, 0.4) is 0 Å². The van der Waals surface area contributed by atoms with Crippen molar-refractivity contribution < 1.29 is 13.9 Å². The van der Waals surface area contributed by atoms with Crippen LogP contribution in [0.25, 0.3) is 11.0 Å². The summed E-state index contributed by atoms with van der Waals surface area (Å²) < 4.78 is 11.1. The van der Waals surface area contributed by atoms with Crippen LogP contribution in [0.5, 0.6) is 5.75 Å². The van der Waals surface area contributed by atoms with E-state index in [-0.39, 0.29) is 12.4 Å². The molecule has 0 N–H and O–H groups in total. The number of carbonyl (C=O) groups excluding carboxylic acids is 1. The number of hydrogen-bond donors (Lipinski definition) is 0. The molecule has 0 saturated heterocycles. The summed E-state index contributed by atoms with van der Waals surface area (Å²) in [4.78, 5) is 23.2. The number of fused-ring (bicyclic) bond motifs is 1. The maximum atomic E-state index is 11.8. The molecule has 0 aliphatic carbocycles. The van der Waals surface area contributed by atoms with E-state index in [1.165, 1.54) is 13.0 Å². The Morgan fingerprint density at radius 1 is 1.12 bits per heavy atom. The van der Waals surface area contributed by atoms with Gasteiger partial charge < -0.3 is 9.15 Å². The van der Waals surface area contributed by atoms with Gasteiger partial charge in [0.2, 0.25) is 0 Å². The van der Waals surface area contributed by atoms with Gasteiger partial charge >= 0.3 is 5.63 Å². The molecule has 3 rings (SSSR count). The highest BCUT2D eigenvalue weighted by molar-refractivity contribution is 5.94. The third-order valence-electron chi connectivity index (χ3n) is 3.94. The van der Waals surface area contributed by atoms with Crippen molar-refractivity contribution in [2.45, 2.75) is 26.9 Å². The summed E-state index contributed by atoms with van der Waals surface area (Å²) >= 11 is 0. The number of ketones is 1. The molecule has 0 amide bonds. The smallest absolute Gasteiger partial charge is 0.336 e. The molecule has 0 aliphatic rings. The number of ether oxygens (including phenoxy) is 1. The summed E-state index contributed by atoms with van der Waals surface area (Å²) in [7, 11) is 0. The maximum absolute atomic E-state index is 11.8. The standard InChI is InChI=1S/C20H18O4/c1-3-14-7-8-18-16(11-20(22)24-19(18)9-14)12-23-17-6-4-5-15(10-17)13(2)21/h4-11H,3,12H2,1-2H3. The third kappa shape index (κ3) is 3.38. The van der Waals surface area contributed by atoms with E-state index in [2.05, 4.69) is 0 Å². The summed E-state index contributed by atoms with van der Waals surface area (Å²) in [6.07, 6.45) is 0.873. The van der Waals surface area contributed by atoms with Gasteiger partial charge in [0, 0.05) is 22.6 Å². The van der Waals surface area contributed by atoms with Crippen molar-refractivity contribution in [2.24, 2.45) is 0 Å². The van der Waals surface area contributed by atoms with Crippen molar-refractivity contribution in [3.63, 3.8) is 0 Å². The van der Waals surface area contributed by atoms with Crippen LogP contribution in [-0.4, -0.2) is 5.78 Å². The molecule has 122 valence electrons. The van der Waals surface area contributed by atoms with Crippen LogP contribution in [0.1, 0.15) is 35.3 Å². The van der Waals surface area contributed by atoms with Crippen molar-refractivity contribution in [1.29, 1.82) is 0 Å². The summed E-state index contributed by atoms with van der Waals surface area (Å²) in [5.41, 5.74) is 2.64. The molecule has 2 aromatic carbocycles. The predicted octanol–water partition coefficient (Wildman–Crippen LogP) is 4.14. The van der Waals surface area contributed by atoms with Gasteiger partial charge in [0.25, 0.3) is 0 Å². The van der Waals surface area contributed by atoms with Crippen LogP contribution in [0.2, 0.25) is 0 Å². The van der Waals surface area contributed by atoms with Crippen molar-refractivity contribution >= 4 is 16.8 Å².